The molecular weight excluding hydrogens is 296 g/mol. The van der Waals surface area contributed by atoms with Gasteiger partial charge in [0.05, 0.1) is 5.39 Å². The zero-order valence-electron chi connectivity index (χ0n) is 11.9. The molecule has 22 heavy (non-hydrogen) atoms. The topological polar surface area (TPSA) is 80.4 Å². The predicted octanol–water partition coefficient (Wildman–Crippen LogP) is 3.02. The van der Waals surface area contributed by atoms with E-state index in [0.717, 1.165) is 16.0 Å². The van der Waals surface area contributed by atoms with E-state index in [4.69, 9.17) is 5.73 Å². The number of benzene rings is 2. The maximum atomic E-state index is 11.9. The number of nitrogens with zero attached hydrogens (tertiary/aromatic N) is 2. The lowest BCUT2D eigenvalue weighted by atomic mass is 10.2. The quantitative estimate of drug-likeness (QED) is 0.563. The van der Waals surface area contributed by atoms with E-state index in [2.05, 4.69) is 15.3 Å². The number of hydrogen-bond donors (Lipinski definition) is 2. The van der Waals surface area contributed by atoms with Crippen LogP contribution in [-0.4, -0.2) is 10.9 Å². The Kier molecular flexibility index (Phi) is 3.84. The molecule has 1 aromatic heterocycles. The highest BCUT2D eigenvalue weighted by Gasteiger charge is 2.04. The van der Waals surface area contributed by atoms with E-state index in [1.165, 1.54) is 11.3 Å². The summed E-state index contributed by atoms with van der Waals surface area (Å²) in [6, 6.07) is 15.1. The molecule has 0 atom stereocenters. The van der Waals surface area contributed by atoms with Gasteiger partial charge in [0.25, 0.3) is 5.56 Å². The molecule has 0 unspecified atom stereocenters. The normalized spacial score (nSPS) is 11.6. The van der Waals surface area contributed by atoms with Crippen molar-refractivity contribution in [2.45, 2.75) is 6.92 Å². The standard InChI is InChI=1S/C16H14N4OS/c1-10-6-8-11(9-7-10)18-15(17)20-16-19-14(21)12-4-2-3-5-13(12)22-16/h2-9H,1H3,(H3,17,18,19,20,21). The van der Waals surface area contributed by atoms with Crippen LogP contribution in [0.5, 0.6) is 0 Å². The van der Waals surface area contributed by atoms with E-state index in [1.807, 2.05) is 49.4 Å². The van der Waals surface area contributed by atoms with Gasteiger partial charge in [-0.2, -0.15) is 9.98 Å². The third kappa shape index (κ3) is 3.12. The number of nitrogens with one attached hydrogen (secondary N) is 1. The first kappa shape index (κ1) is 14.2. The predicted molar refractivity (Wildman–Crippen MR) is 92.0 cm³/mol. The summed E-state index contributed by atoms with van der Waals surface area (Å²) in [5, 5.41) is 3.91. The summed E-state index contributed by atoms with van der Waals surface area (Å²) in [6.45, 7) is 2.01. The molecule has 0 aliphatic heterocycles. The molecule has 3 aromatic rings. The molecule has 0 fully saturated rings. The Labute approximate surface area is 131 Å². The Morgan fingerprint density at radius 2 is 1.91 bits per heavy atom. The summed E-state index contributed by atoms with van der Waals surface area (Å²) in [6.07, 6.45) is 0. The van der Waals surface area contributed by atoms with Gasteiger partial charge >= 0.3 is 0 Å². The molecule has 0 saturated heterocycles. The van der Waals surface area contributed by atoms with Gasteiger partial charge < -0.3 is 11.1 Å². The van der Waals surface area contributed by atoms with Crippen LogP contribution in [0.4, 0.5) is 10.8 Å². The molecule has 0 bridgehead atoms. The molecule has 1 heterocycles. The van der Waals surface area contributed by atoms with Gasteiger partial charge in [0.2, 0.25) is 11.1 Å². The highest BCUT2D eigenvalue weighted by Crippen LogP contribution is 2.22. The molecular formula is C16H14N4OS. The van der Waals surface area contributed by atoms with Crippen molar-refractivity contribution in [2.24, 2.45) is 10.7 Å². The van der Waals surface area contributed by atoms with Crippen molar-refractivity contribution in [3.8, 4) is 0 Å². The molecule has 6 heteroatoms. The minimum Gasteiger partial charge on any atom is -0.369 e. The van der Waals surface area contributed by atoms with E-state index in [1.54, 1.807) is 6.07 Å². The van der Waals surface area contributed by atoms with Crippen LogP contribution in [0.15, 0.2) is 58.3 Å². The van der Waals surface area contributed by atoms with Crippen molar-refractivity contribution in [3.63, 3.8) is 0 Å². The summed E-state index contributed by atoms with van der Waals surface area (Å²) in [5.74, 6) is 0.197. The highest BCUT2D eigenvalue weighted by molar-refractivity contribution is 7.21. The van der Waals surface area contributed by atoms with E-state index in [0.29, 0.717) is 10.5 Å². The van der Waals surface area contributed by atoms with Gasteiger partial charge in [-0.3, -0.25) is 4.79 Å². The van der Waals surface area contributed by atoms with Crippen molar-refractivity contribution in [3.05, 3.63) is 64.4 Å². The zero-order valence-corrected chi connectivity index (χ0v) is 12.7. The average molecular weight is 310 g/mol. The second kappa shape index (κ2) is 5.95. The fourth-order valence-electron chi connectivity index (χ4n) is 1.96. The van der Waals surface area contributed by atoms with Crippen molar-refractivity contribution in [1.82, 2.24) is 4.98 Å². The van der Waals surface area contributed by atoms with Crippen LogP contribution in [0.1, 0.15) is 5.56 Å². The average Bonchev–Trinajstić information content (AvgIpc) is 2.49. The lowest BCUT2D eigenvalue weighted by Gasteiger charge is -2.05. The number of hydrogen-bond acceptors (Lipinski definition) is 4. The molecule has 2 aromatic carbocycles. The lowest BCUT2D eigenvalue weighted by Crippen LogP contribution is -2.22. The fraction of sp³-hybridized carbons (Fsp3) is 0.0625. The van der Waals surface area contributed by atoms with Crippen LogP contribution in [0, 0.1) is 6.92 Å². The first-order valence-electron chi connectivity index (χ1n) is 6.69. The maximum Gasteiger partial charge on any atom is 0.281 e. The number of anilines is 1. The van der Waals surface area contributed by atoms with E-state index >= 15 is 0 Å². The maximum absolute atomic E-state index is 11.9. The Morgan fingerprint density at radius 3 is 2.68 bits per heavy atom. The third-order valence-electron chi connectivity index (χ3n) is 3.06. The van der Waals surface area contributed by atoms with Crippen LogP contribution in [0.3, 0.4) is 0 Å². The smallest absolute Gasteiger partial charge is 0.281 e. The molecule has 0 aliphatic carbocycles. The van der Waals surface area contributed by atoms with E-state index < -0.39 is 0 Å². The second-order valence-electron chi connectivity index (χ2n) is 4.79. The number of nitrogens with two attached hydrogens (primary N) is 1. The summed E-state index contributed by atoms with van der Waals surface area (Å²) >= 11 is 1.32. The first-order chi connectivity index (χ1) is 10.6. The Bertz CT molecular complexity index is 900. The minimum absolute atomic E-state index is 0.197. The van der Waals surface area contributed by atoms with Crippen LogP contribution in [-0.2, 0) is 0 Å². The minimum atomic E-state index is -0.295. The second-order valence-corrected chi connectivity index (χ2v) is 5.79. The molecule has 5 nitrogen and oxygen atoms in total. The van der Waals surface area contributed by atoms with E-state index in [9.17, 15) is 4.79 Å². The summed E-state index contributed by atoms with van der Waals surface area (Å²) in [7, 11) is 0. The number of guanidine groups is 1. The van der Waals surface area contributed by atoms with Crippen molar-refractivity contribution >= 4 is 38.2 Å². The van der Waals surface area contributed by atoms with Gasteiger partial charge in [0.1, 0.15) is 0 Å². The molecule has 110 valence electrons. The Morgan fingerprint density at radius 1 is 1.18 bits per heavy atom. The van der Waals surface area contributed by atoms with Crippen LogP contribution < -0.4 is 16.6 Å². The van der Waals surface area contributed by atoms with Crippen molar-refractivity contribution in [2.75, 3.05) is 5.32 Å². The number of aromatic nitrogens is 1. The van der Waals surface area contributed by atoms with Crippen molar-refractivity contribution in [1.29, 1.82) is 0 Å². The monoisotopic (exact) mass is 310 g/mol. The summed E-state index contributed by atoms with van der Waals surface area (Å²) in [5.41, 5.74) is 7.57. The van der Waals surface area contributed by atoms with Gasteiger partial charge in [0.15, 0.2) is 0 Å². The lowest BCUT2D eigenvalue weighted by molar-refractivity contribution is 1.27. The number of fused-ring (bicyclic) bond motifs is 1. The SMILES string of the molecule is Cc1ccc(NC(N)=Nc2nc(=O)c3ccccc3s2)cc1. The van der Waals surface area contributed by atoms with Crippen LogP contribution in [0.25, 0.3) is 10.1 Å². The highest BCUT2D eigenvalue weighted by atomic mass is 32.1. The number of aryl methyl sites for hydroxylation is 1. The largest absolute Gasteiger partial charge is 0.369 e. The molecule has 0 spiro atoms. The Balaban J connectivity index is 1.90. The van der Waals surface area contributed by atoms with Crippen LogP contribution >= 0.6 is 11.3 Å². The van der Waals surface area contributed by atoms with Crippen LogP contribution in [0.2, 0.25) is 0 Å². The van der Waals surface area contributed by atoms with E-state index in [-0.39, 0.29) is 11.5 Å². The fourth-order valence-corrected chi connectivity index (χ4v) is 2.85. The summed E-state index contributed by atoms with van der Waals surface area (Å²) < 4.78 is 0.837. The Hall–Kier alpha value is -2.73. The molecule has 0 saturated carbocycles. The molecule has 3 N–H and O–H groups in total. The number of aliphatic imine (C=N–C) groups is 1. The molecule has 3 rings (SSSR count). The molecule has 0 amide bonds. The third-order valence-corrected chi connectivity index (χ3v) is 4.00. The van der Waals surface area contributed by atoms with Crippen molar-refractivity contribution < 1.29 is 0 Å². The van der Waals surface area contributed by atoms with Gasteiger partial charge in [-0.15, -0.1) is 0 Å². The van der Waals surface area contributed by atoms with Gasteiger partial charge in [-0.1, -0.05) is 41.2 Å². The van der Waals surface area contributed by atoms with Gasteiger partial charge in [-0.25, -0.2) is 0 Å². The summed E-state index contributed by atoms with van der Waals surface area (Å²) in [4.78, 5) is 20.1. The first-order valence-corrected chi connectivity index (χ1v) is 7.51. The zero-order chi connectivity index (χ0) is 15.5. The molecule has 0 radical (unpaired) electrons. The van der Waals surface area contributed by atoms with Gasteiger partial charge in [-0.05, 0) is 31.2 Å². The molecule has 0 aliphatic rings. The number of rotatable bonds is 2. The van der Waals surface area contributed by atoms with Gasteiger partial charge in [0, 0.05) is 10.4 Å².